The van der Waals surface area contributed by atoms with E-state index in [1.54, 1.807) is 19.1 Å². The SMILES string of the molecule is CC1(C(=O)O)CCN(S(=O)(=O)c2ccc3c(c2)CCCC3)C1. The van der Waals surface area contributed by atoms with Gasteiger partial charge in [0.2, 0.25) is 10.0 Å². The third-order valence-corrected chi connectivity index (χ3v) is 6.75. The summed E-state index contributed by atoms with van der Waals surface area (Å²) < 4.78 is 26.8. The molecule has 1 heterocycles. The van der Waals surface area contributed by atoms with E-state index < -0.39 is 21.4 Å². The topological polar surface area (TPSA) is 74.7 Å². The minimum atomic E-state index is -3.61. The van der Waals surface area contributed by atoms with Crippen molar-refractivity contribution in [3.05, 3.63) is 29.3 Å². The first kappa shape index (κ1) is 15.5. The maximum absolute atomic E-state index is 12.8. The first-order valence-corrected chi connectivity index (χ1v) is 9.12. The number of fused-ring (bicyclic) bond motifs is 1. The molecule has 0 aromatic heterocycles. The predicted molar refractivity (Wildman–Crippen MR) is 82.2 cm³/mol. The fourth-order valence-electron chi connectivity index (χ4n) is 3.32. The third-order valence-electron chi connectivity index (χ3n) is 4.91. The molecule has 2 aliphatic rings. The molecule has 1 aliphatic carbocycles. The zero-order chi connectivity index (χ0) is 16.0. The Morgan fingerprint density at radius 1 is 1.23 bits per heavy atom. The van der Waals surface area contributed by atoms with Gasteiger partial charge in [0.1, 0.15) is 0 Å². The van der Waals surface area contributed by atoms with Crippen LogP contribution in [0.25, 0.3) is 0 Å². The second-order valence-corrected chi connectivity index (χ2v) is 8.53. The highest BCUT2D eigenvalue weighted by molar-refractivity contribution is 7.89. The van der Waals surface area contributed by atoms with Crippen molar-refractivity contribution in [2.75, 3.05) is 13.1 Å². The minimum absolute atomic E-state index is 0.0434. The van der Waals surface area contributed by atoms with Crippen LogP contribution in [-0.2, 0) is 27.7 Å². The Hall–Kier alpha value is -1.40. The van der Waals surface area contributed by atoms with Crippen molar-refractivity contribution in [1.82, 2.24) is 4.31 Å². The van der Waals surface area contributed by atoms with Gasteiger partial charge in [-0.05, 0) is 62.3 Å². The van der Waals surface area contributed by atoms with Crippen LogP contribution in [0.5, 0.6) is 0 Å². The van der Waals surface area contributed by atoms with Crippen LogP contribution in [0.4, 0.5) is 0 Å². The van der Waals surface area contributed by atoms with Gasteiger partial charge >= 0.3 is 5.97 Å². The van der Waals surface area contributed by atoms with Gasteiger partial charge in [-0.15, -0.1) is 0 Å². The Kier molecular flexibility index (Phi) is 3.77. The zero-order valence-corrected chi connectivity index (χ0v) is 13.5. The summed E-state index contributed by atoms with van der Waals surface area (Å²) in [5.74, 6) is -0.935. The Labute approximate surface area is 131 Å². The molecule has 0 radical (unpaired) electrons. The number of carboxylic acid groups (broad SMARTS) is 1. The quantitative estimate of drug-likeness (QED) is 0.924. The van der Waals surface area contributed by atoms with Crippen LogP contribution in [0.3, 0.4) is 0 Å². The van der Waals surface area contributed by atoms with Crippen molar-refractivity contribution in [3.63, 3.8) is 0 Å². The van der Waals surface area contributed by atoms with Gasteiger partial charge in [-0.3, -0.25) is 4.79 Å². The normalized spacial score (nSPS) is 25.9. The van der Waals surface area contributed by atoms with Gasteiger partial charge in [-0.2, -0.15) is 4.31 Å². The molecule has 0 bridgehead atoms. The largest absolute Gasteiger partial charge is 0.481 e. The second-order valence-electron chi connectivity index (χ2n) is 6.59. The number of aryl methyl sites for hydroxylation is 2. The molecule has 5 nitrogen and oxygen atoms in total. The molecule has 1 saturated heterocycles. The third kappa shape index (κ3) is 2.54. The smallest absolute Gasteiger partial charge is 0.310 e. The molecule has 3 rings (SSSR count). The van der Waals surface area contributed by atoms with E-state index in [0.717, 1.165) is 31.2 Å². The summed E-state index contributed by atoms with van der Waals surface area (Å²) in [7, 11) is -3.61. The first-order chi connectivity index (χ1) is 10.3. The molecule has 0 spiro atoms. The van der Waals surface area contributed by atoms with Crippen molar-refractivity contribution >= 4 is 16.0 Å². The van der Waals surface area contributed by atoms with Gasteiger partial charge in [0.05, 0.1) is 10.3 Å². The van der Waals surface area contributed by atoms with Crippen LogP contribution in [0.2, 0.25) is 0 Å². The molecular formula is C16H21NO4S. The molecule has 1 fully saturated rings. The minimum Gasteiger partial charge on any atom is -0.481 e. The van der Waals surface area contributed by atoms with E-state index in [-0.39, 0.29) is 13.1 Å². The van der Waals surface area contributed by atoms with Crippen molar-refractivity contribution < 1.29 is 18.3 Å². The summed E-state index contributed by atoms with van der Waals surface area (Å²) in [5, 5.41) is 9.26. The highest BCUT2D eigenvalue weighted by atomic mass is 32.2. The summed E-state index contributed by atoms with van der Waals surface area (Å²) >= 11 is 0. The number of nitrogens with zero attached hydrogens (tertiary/aromatic N) is 1. The van der Waals surface area contributed by atoms with Gasteiger partial charge < -0.3 is 5.11 Å². The number of hydrogen-bond acceptors (Lipinski definition) is 3. The Morgan fingerprint density at radius 3 is 2.55 bits per heavy atom. The number of carbonyl (C=O) groups is 1. The molecule has 1 atom stereocenters. The number of sulfonamides is 1. The molecule has 1 unspecified atom stereocenters. The lowest BCUT2D eigenvalue weighted by atomic mass is 9.90. The summed E-state index contributed by atoms with van der Waals surface area (Å²) in [6.45, 7) is 1.92. The van der Waals surface area contributed by atoms with Crippen LogP contribution < -0.4 is 0 Å². The van der Waals surface area contributed by atoms with Crippen LogP contribution in [0.1, 0.15) is 37.3 Å². The highest BCUT2D eigenvalue weighted by Gasteiger charge is 2.44. The lowest BCUT2D eigenvalue weighted by molar-refractivity contribution is -0.146. The fraction of sp³-hybridized carbons (Fsp3) is 0.562. The van der Waals surface area contributed by atoms with Gasteiger partial charge in [0.15, 0.2) is 0 Å². The van der Waals surface area contributed by atoms with Crippen LogP contribution in [-0.4, -0.2) is 36.9 Å². The molecule has 6 heteroatoms. The van der Waals surface area contributed by atoms with E-state index in [9.17, 15) is 18.3 Å². The molecule has 120 valence electrons. The highest BCUT2D eigenvalue weighted by Crippen LogP contribution is 2.34. The van der Waals surface area contributed by atoms with Gasteiger partial charge in [-0.25, -0.2) is 8.42 Å². The lowest BCUT2D eigenvalue weighted by Crippen LogP contribution is -2.35. The van der Waals surface area contributed by atoms with Crippen LogP contribution in [0.15, 0.2) is 23.1 Å². The standard InChI is InChI=1S/C16H21NO4S/c1-16(15(18)19)8-9-17(11-16)22(20,21)14-7-6-12-4-2-3-5-13(12)10-14/h6-7,10H,2-5,8-9,11H2,1H3,(H,18,19). The number of rotatable bonds is 3. The first-order valence-electron chi connectivity index (χ1n) is 7.68. The zero-order valence-electron chi connectivity index (χ0n) is 12.7. The Morgan fingerprint density at radius 2 is 1.91 bits per heavy atom. The van der Waals surface area contributed by atoms with Gasteiger partial charge in [0, 0.05) is 13.1 Å². The Balaban J connectivity index is 1.89. The van der Waals surface area contributed by atoms with Gasteiger partial charge in [0.25, 0.3) is 0 Å². The molecule has 22 heavy (non-hydrogen) atoms. The average molecular weight is 323 g/mol. The fourth-order valence-corrected chi connectivity index (χ4v) is 4.93. The summed E-state index contributed by atoms with van der Waals surface area (Å²) in [6, 6.07) is 5.35. The molecule has 1 aromatic carbocycles. The molecule has 0 saturated carbocycles. The van der Waals surface area contributed by atoms with Crippen molar-refractivity contribution in [2.45, 2.75) is 43.9 Å². The molecule has 1 aliphatic heterocycles. The number of carboxylic acids is 1. The van der Waals surface area contributed by atoms with E-state index in [0.29, 0.717) is 11.3 Å². The van der Waals surface area contributed by atoms with E-state index in [4.69, 9.17) is 0 Å². The predicted octanol–water partition coefficient (Wildman–Crippen LogP) is 2.05. The Bertz CT molecular complexity index is 713. The van der Waals surface area contributed by atoms with Crippen molar-refractivity contribution in [1.29, 1.82) is 0 Å². The number of aliphatic carboxylic acids is 1. The van der Waals surface area contributed by atoms with Crippen LogP contribution in [0, 0.1) is 5.41 Å². The maximum atomic E-state index is 12.8. The van der Waals surface area contributed by atoms with Crippen molar-refractivity contribution in [3.8, 4) is 0 Å². The van der Waals surface area contributed by atoms with Crippen LogP contribution >= 0.6 is 0 Å². The molecular weight excluding hydrogens is 302 g/mol. The van der Waals surface area contributed by atoms with E-state index >= 15 is 0 Å². The van der Waals surface area contributed by atoms with Gasteiger partial charge in [-0.1, -0.05) is 6.07 Å². The van der Waals surface area contributed by atoms with E-state index in [1.165, 1.54) is 9.87 Å². The lowest BCUT2D eigenvalue weighted by Gasteiger charge is -2.21. The average Bonchev–Trinajstić information content (AvgIpc) is 2.91. The monoisotopic (exact) mass is 323 g/mol. The summed E-state index contributed by atoms with van der Waals surface area (Å²) in [5.41, 5.74) is 1.37. The molecule has 0 amide bonds. The molecule has 1 N–H and O–H groups in total. The number of hydrogen-bond donors (Lipinski definition) is 1. The van der Waals surface area contributed by atoms with Crippen molar-refractivity contribution in [2.24, 2.45) is 5.41 Å². The molecule has 1 aromatic rings. The number of benzene rings is 1. The second kappa shape index (κ2) is 5.35. The maximum Gasteiger partial charge on any atom is 0.310 e. The van der Waals surface area contributed by atoms with E-state index in [2.05, 4.69) is 0 Å². The summed E-state index contributed by atoms with van der Waals surface area (Å²) in [6.07, 6.45) is 4.54. The summed E-state index contributed by atoms with van der Waals surface area (Å²) in [4.78, 5) is 11.6. The van der Waals surface area contributed by atoms with E-state index in [1.807, 2.05) is 6.07 Å².